The van der Waals surface area contributed by atoms with Crippen molar-refractivity contribution in [3.8, 4) is 5.75 Å². The molecule has 0 atom stereocenters. The standard InChI is InChI=1S/C19H19N3O4/c1-19(2)18(25)22-16-13(9-6-10-14(16)26-19)21-15(23)11-20-17(24)12-7-4-3-5-8-12/h3-10H,11H2,1-2H3,(H,20,24)(H,21,23)(H,22,25). The average Bonchev–Trinajstić information content (AvgIpc) is 2.62. The molecular weight excluding hydrogens is 334 g/mol. The summed E-state index contributed by atoms with van der Waals surface area (Å²) in [5.74, 6) is -0.583. The Labute approximate surface area is 150 Å². The van der Waals surface area contributed by atoms with Crippen LogP contribution in [-0.4, -0.2) is 29.9 Å². The van der Waals surface area contributed by atoms with Crippen molar-refractivity contribution in [3.05, 3.63) is 54.1 Å². The molecule has 0 aromatic heterocycles. The first-order chi connectivity index (χ1) is 12.4. The summed E-state index contributed by atoms with van der Waals surface area (Å²) in [6.07, 6.45) is 0. The Bertz CT molecular complexity index is 862. The van der Waals surface area contributed by atoms with Crippen LogP contribution in [-0.2, 0) is 9.59 Å². The molecule has 2 aromatic carbocycles. The number of anilines is 2. The fourth-order valence-electron chi connectivity index (χ4n) is 2.48. The smallest absolute Gasteiger partial charge is 0.268 e. The van der Waals surface area contributed by atoms with Gasteiger partial charge in [0.1, 0.15) is 11.4 Å². The minimum absolute atomic E-state index is 0.197. The summed E-state index contributed by atoms with van der Waals surface area (Å²) in [5.41, 5.74) is 0.296. The summed E-state index contributed by atoms with van der Waals surface area (Å²) in [4.78, 5) is 36.2. The van der Waals surface area contributed by atoms with Gasteiger partial charge in [0.15, 0.2) is 5.60 Å². The number of benzene rings is 2. The van der Waals surface area contributed by atoms with Crippen molar-refractivity contribution >= 4 is 29.1 Å². The predicted octanol–water partition coefficient (Wildman–Crippen LogP) is 2.16. The highest BCUT2D eigenvalue weighted by Crippen LogP contribution is 2.38. The molecule has 0 aliphatic carbocycles. The van der Waals surface area contributed by atoms with E-state index in [0.717, 1.165) is 0 Å². The summed E-state index contributed by atoms with van der Waals surface area (Å²) in [5, 5.41) is 7.98. The van der Waals surface area contributed by atoms with Crippen molar-refractivity contribution in [2.75, 3.05) is 17.2 Å². The van der Waals surface area contributed by atoms with Crippen molar-refractivity contribution in [2.45, 2.75) is 19.4 Å². The number of amides is 3. The fraction of sp³-hybridized carbons (Fsp3) is 0.211. The van der Waals surface area contributed by atoms with Crippen molar-refractivity contribution in [2.24, 2.45) is 0 Å². The van der Waals surface area contributed by atoms with Gasteiger partial charge in [-0.2, -0.15) is 0 Å². The third-order valence-electron chi connectivity index (χ3n) is 3.90. The average molecular weight is 353 g/mol. The Kier molecular flexibility index (Phi) is 4.62. The Hall–Kier alpha value is -3.35. The molecule has 3 N–H and O–H groups in total. The first-order valence-electron chi connectivity index (χ1n) is 8.13. The van der Waals surface area contributed by atoms with Crippen molar-refractivity contribution in [1.82, 2.24) is 5.32 Å². The van der Waals surface area contributed by atoms with E-state index in [4.69, 9.17) is 4.74 Å². The Morgan fingerprint density at radius 3 is 2.54 bits per heavy atom. The van der Waals surface area contributed by atoms with E-state index in [1.807, 2.05) is 0 Å². The maximum atomic E-state index is 12.2. The largest absolute Gasteiger partial charge is 0.476 e. The number of carbonyl (C=O) groups excluding carboxylic acids is 3. The lowest BCUT2D eigenvalue weighted by Crippen LogP contribution is -2.46. The Morgan fingerprint density at radius 1 is 1.08 bits per heavy atom. The van der Waals surface area contributed by atoms with Crippen LogP contribution in [0.2, 0.25) is 0 Å². The Morgan fingerprint density at radius 2 is 1.81 bits per heavy atom. The number of ether oxygens (including phenoxy) is 1. The first kappa shape index (κ1) is 17.5. The van der Waals surface area contributed by atoms with Crippen LogP contribution in [0.3, 0.4) is 0 Å². The number of rotatable bonds is 4. The number of nitrogens with one attached hydrogen (secondary N) is 3. The molecule has 1 heterocycles. The number of hydrogen-bond acceptors (Lipinski definition) is 4. The van der Waals surface area contributed by atoms with Crippen molar-refractivity contribution in [1.29, 1.82) is 0 Å². The lowest BCUT2D eigenvalue weighted by Gasteiger charge is -2.32. The number of fused-ring (bicyclic) bond motifs is 1. The zero-order valence-corrected chi connectivity index (χ0v) is 14.5. The SMILES string of the molecule is CC1(C)Oc2cccc(NC(=O)CNC(=O)c3ccccc3)c2NC1=O. The van der Waals surface area contributed by atoms with Crippen LogP contribution in [0.25, 0.3) is 0 Å². The second kappa shape index (κ2) is 6.87. The minimum Gasteiger partial charge on any atom is -0.476 e. The zero-order valence-electron chi connectivity index (χ0n) is 14.5. The van der Waals surface area contributed by atoms with Crippen LogP contribution in [0.4, 0.5) is 11.4 Å². The van der Waals surface area contributed by atoms with E-state index in [1.54, 1.807) is 62.4 Å². The lowest BCUT2D eigenvalue weighted by molar-refractivity contribution is -0.129. The van der Waals surface area contributed by atoms with E-state index < -0.39 is 11.5 Å². The van der Waals surface area contributed by atoms with Gasteiger partial charge in [-0.3, -0.25) is 14.4 Å². The molecule has 26 heavy (non-hydrogen) atoms. The van der Waals surface area contributed by atoms with Crippen LogP contribution >= 0.6 is 0 Å². The zero-order chi connectivity index (χ0) is 18.7. The fourth-order valence-corrected chi connectivity index (χ4v) is 2.48. The van der Waals surface area contributed by atoms with Gasteiger partial charge in [-0.15, -0.1) is 0 Å². The highest BCUT2D eigenvalue weighted by Gasteiger charge is 2.36. The van der Waals surface area contributed by atoms with E-state index in [2.05, 4.69) is 16.0 Å². The van der Waals surface area contributed by atoms with Gasteiger partial charge in [-0.05, 0) is 38.1 Å². The third-order valence-corrected chi connectivity index (χ3v) is 3.90. The first-order valence-corrected chi connectivity index (χ1v) is 8.13. The second-order valence-electron chi connectivity index (χ2n) is 6.34. The highest BCUT2D eigenvalue weighted by atomic mass is 16.5. The molecule has 0 radical (unpaired) electrons. The molecule has 1 aliphatic rings. The summed E-state index contributed by atoms with van der Waals surface area (Å²) in [7, 11) is 0. The van der Waals surface area contributed by atoms with E-state index in [0.29, 0.717) is 22.7 Å². The molecule has 3 amide bonds. The van der Waals surface area contributed by atoms with E-state index >= 15 is 0 Å². The summed E-state index contributed by atoms with van der Waals surface area (Å²) >= 11 is 0. The summed E-state index contributed by atoms with van der Waals surface area (Å²) < 4.78 is 5.68. The monoisotopic (exact) mass is 353 g/mol. The quantitative estimate of drug-likeness (QED) is 0.785. The maximum absolute atomic E-state index is 12.2. The van der Waals surface area contributed by atoms with Gasteiger partial charge in [-0.25, -0.2) is 0 Å². The molecule has 0 saturated heterocycles. The van der Waals surface area contributed by atoms with Gasteiger partial charge in [0.25, 0.3) is 11.8 Å². The van der Waals surface area contributed by atoms with Gasteiger partial charge in [0.05, 0.1) is 12.2 Å². The van der Waals surface area contributed by atoms with Crippen LogP contribution in [0.5, 0.6) is 5.75 Å². The molecule has 0 spiro atoms. The molecule has 0 fully saturated rings. The molecule has 3 rings (SSSR count). The van der Waals surface area contributed by atoms with E-state index in [1.165, 1.54) is 0 Å². The number of hydrogen-bond donors (Lipinski definition) is 3. The molecule has 0 saturated carbocycles. The maximum Gasteiger partial charge on any atom is 0.268 e. The topological polar surface area (TPSA) is 96.5 Å². The minimum atomic E-state index is -0.987. The van der Waals surface area contributed by atoms with E-state index in [-0.39, 0.29) is 18.4 Å². The molecule has 0 unspecified atom stereocenters. The van der Waals surface area contributed by atoms with Gasteiger partial charge in [-0.1, -0.05) is 24.3 Å². The number of carbonyl (C=O) groups is 3. The van der Waals surface area contributed by atoms with Gasteiger partial charge < -0.3 is 20.7 Å². The normalized spacial score (nSPS) is 14.5. The van der Waals surface area contributed by atoms with Gasteiger partial charge in [0, 0.05) is 5.56 Å². The van der Waals surface area contributed by atoms with Gasteiger partial charge >= 0.3 is 0 Å². The number of para-hydroxylation sites is 1. The van der Waals surface area contributed by atoms with Crippen LogP contribution < -0.4 is 20.7 Å². The second-order valence-corrected chi connectivity index (χ2v) is 6.34. The molecule has 7 heteroatoms. The third kappa shape index (κ3) is 3.66. The van der Waals surface area contributed by atoms with Crippen molar-refractivity contribution < 1.29 is 19.1 Å². The lowest BCUT2D eigenvalue weighted by atomic mass is 10.1. The van der Waals surface area contributed by atoms with Crippen LogP contribution in [0.15, 0.2) is 48.5 Å². The summed E-state index contributed by atoms with van der Waals surface area (Å²) in [6.45, 7) is 3.13. The molecular formula is C19H19N3O4. The summed E-state index contributed by atoms with van der Waals surface area (Å²) in [6, 6.07) is 13.7. The molecule has 2 aromatic rings. The van der Waals surface area contributed by atoms with Crippen LogP contribution in [0.1, 0.15) is 24.2 Å². The molecule has 134 valence electrons. The highest BCUT2D eigenvalue weighted by molar-refractivity contribution is 6.06. The predicted molar refractivity (Wildman–Crippen MR) is 97.2 cm³/mol. The molecule has 7 nitrogen and oxygen atoms in total. The Balaban J connectivity index is 1.66. The molecule has 1 aliphatic heterocycles. The van der Waals surface area contributed by atoms with Gasteiger partial charge in [0.2, 0.25) is 5.91 Å². The van der Waals surface area contributed by atoms with E-state index in [9.17, 15) is 14.4 Å². The molecule has 0 bridgehead atoms. The van der Waals surface area contributed by atoms with Crippen molar-refractivity contribution in [3.63, 3.8) is 0 Å². The van der Waals surface area contributed by atoms with Crippen LogP contribution in [0, 0.1) is 0 Å².